The zero-order valence-electron chi connectivity index (χ0n) is 15.4. The Balaban J connectivity index is 0.00000364. The predicted molar refractivity (Wildman–Crippen MR) is 108 cm³/mol. The molecule has 2 rings (SSSR count). The Kier molecular flexibility index (Phi) is 8.75. The number of sulfone groups is 1. The van der Waals surface area contributed by atoms with Crippen LogP contribution < -0.4 is 10.5 Å². The van der Waals surface area contributed by atoms with Crippen molar-refractivity contribution in [2.45, 2.75) is 17.9 Å². The van der Waals surface area contributed by atoms with Gasteiger partial charge in [-0.2, -0.15) is 0 Å². The third kappa shape index (κ3) is 6.86. The second-order valence-electron chi connectivity index (χ2n) is 6.07. The highest BCUT2D eigenvalue weighted by Crippen LogP contribution is 2.16. The van der Waals surface area contributed by atoms with Crippen LogP contribution in [0.5, 0.6) is 5.75 Å². The van der Waals surface area contributed by atoms with Crippen molar-refractivity contribution in [2.75, 3.05) is 26.5 Å². The number of halogens is 1. The number of amides is 1. The summed E-state index contributed by atoms with van der Waals surface area (Å²) in [6.07, 6.45) is 1.83. The molecule has 2 aromatic rings. The van der Waals surface area contributed by atoms with Gasteiger partial charge in [-0.25, -0.2) is 8.42 Å². The molecule has 0 spiro atoms. The molecule has 2 aromatic carbocycles. The summed E-state index contributed by atoms with van der Waals surface area (Å²) < 4.78 is 28.4. The number of nitrogens with two attached hydrogens (primary N) is 1. The van der Waals surface area contributed by atoms with Crippen LogP contribution in [-0.4, -0.2) is 45.7 Å². The van der Waals surface area contributed by atoms with Gasteiger partial charge in [0, 0.05) is 32.0 Å². The Morgan fingerprint density at radius 2 is 1.67 bits per heavy atom. The van der Waals surface area contributed by atoms with Crippen LogP contribution in [-0.2, 0) is 16.4 Å². The highest BCUT2D eigenvalue weighted by molar-refractivity contribution is 7.90. The first-order chi connectivity index (χ1) is 12.3. The molecular weight excluding hydrogens is 388 g/mol. The van der Waals surface area contributed by atoms with Gasteiger partial charge in [0.15, 0.2) is 9.84 Å². The van der Waals surface area contributed by atoms with Gasteiger partial charge < -0.3 is 15.4 Å². The fraction of sp³-hybridized carbons (Fsp3) is 0.316. The van der Waals surface area contributed by atoms with Crippen LogP contribution in [0.2, 0.25) is 0 Å². The maximum absolute atomic E-state index is 12.3. The molecule has 0 heterocycles. The summed E-state index contributed by atoms with van der Waals surface area (Å²) in [4.78, 5) is 14.2. The maximum atomic E-state index is 12.3. The zero-order chi connectivity index (χ0) is 19.2. The molecule has 27 heavy (non-hydrogen) atoms. The van der Waals surface area contributed by atoms with E-state index in [4.69, 9.17) is 10.5 Å². The number of nitrogens with zero attached hydrogens (tertiary/aromatic N) is 1. The fourth-order valence-corrected chi connectivity index (χ4v) is 3.01. The summed E-state index contributed by atoms with van der Waals surface area (Å²) in [5.41, 5.74) is 7.17. The number of hydrogen-bond acceptors (Lipinski definition) is 5. The number of rotatable bonds is 8. The molecule has 2 N–H and O–H groups in total. The van der Waals surface area contributed by atoms with E-state index in [-0.39, 0.29) is 23.2 Å². The third-order valence-electron chi connectivity index (χ3n) is 3.94. The molecule has 148 valence electrons. The minimum atomic E-state index is -3.20. The van der Waals surface area contributed by atoms with E-state index in [1.165, 1.54) is 18.4 Å². The van der Waals surface area contributed by atoms with Crippen LogP contribution in [0.25, 0.3) is 0 Å². The van der Waals surface area contributed by atoms with Crippen molar-refractivity contribution in [2.24, 2.45) is 5.73 Å². The Labute approximate surface area is 166 Å². The summed E-state index contributed by atoms with van der Waals surface area (Å²) in [7, 11) is -1.45. The second kappa shape index (κ2) is 10.3. The lowest BCUT2D eigenvalue weighted by atomic mass is 10.1. The van der Waals surface area contributed by atoms with E-state index in [0.717, 1.165) is 5.56 Å². The lowest BCUT2D eigenvalue weighted by molar-refractivity contribution is 0.0788. The minimum absolute atomic E-state index is 0. The van der Waals surface area contributed by atoms with Gasteiger partial charge in [-0.15, -0.1) is 12.4 Å². The number of benzene rings is 2. The Bertz CT molecular complexity index is 837. The molecule has 0 fully saturated rings. The SMILES string of the molecule is CN(CCCOc1ccc(S(C)(=O)=O)cc1)C(=O)c1ccc(CN)cc1.Cl. The molecule has 0 saturated heterocycles. The Hall–Kier alpha value is -2.09. The van der Waals surface area contributed by atoms with Gasteiger partial charge in [-0.05, 0) is 48.4 Å². The number of carbonyl (C=O) groups is 1. The quantitative estimate of drug-likeness (QED) is 0.673. The summed E-state index contributed by atoms with van der Waals surface area (Å²) >= 11 is 0. The largest absolute Gasteiger partial charge is 0.494 e. The van der Waals surface area contributed by atoms with Crippen molar-refractivity contribution < 1.29 is 17.9 Å². The van der Waals surface area contributed by atoms with E-state index in [2.05, 4.69) is 0 Å². The maximum Gasteiger partial charge on any atom is 0.253 e. The topological polar surface area (TPSA) is 89.7 Å². The lowest BCUT2D eigenvalue weighted by Crippen LogP contribution is -2.28. The molecule has 0 radical (unpaired) electrons. The molecule has 8 heteroatoms. The summed E-state index contributed by atoms with van der Waals surface area (Å²) in [5.74, 6) is 0.551. The van der Waals surface area contributed by atoms with Gasteiger partial charge in [-0.3, -0.25) is 4.79 Å². The van der Waals surface area contributed by atoms with Crippen molar-refractivity contribution in [1.82, 2.24) is 4.90 Å². The van der Waals surface area contributed by atoms with E-state index >= 15 is 0 Å². The summed E-state index contributed by atoms with van der Waals surface area (Å²) in [6, 6.07) is 13.6. The molecule has 0 bridgehead atoms. The molecular formula is C19H25ClN2O4S. The lowest BCUT2D eigenvalue weighted by Gasteiger charge is -2.17. The van der Waals surface area contributed by atoms with Crippen molar-refractivity contribution >= 4 is 28.2 Å². The van der Waals surface area contributed by atoms with Crippen LogP contribution in [0.1, 0.15) is 22.3 Å². The van der Waals surface area contributed by atoms with E-state index in [1.54, 1.807) is 36.2 Å². The summed E-state index contributed by atoms with van der Waals surface area (Å²) in [5, 5.41) is 0. The standard InChI is InChI=1S/C19H24N2O4S.ClH/c1-21(19(22)16-6-4-15(14-20)5-7-16)12-3-13-25-17-8-10-18(11-9-17)26(2,23)24;/h4-11H,3,12-14,20H2,1-2H3;1H. The van der Waals surface area contributed by atoms with Crippen LogP contribution in [0.15, 0.2) is 53.4 Å². The van der Waals surface area contributed by atoms with E-state index in [1.807, 2.05) is 12.1 Å². The van der Waals surface area contributed by atoms with Crippen LogP contribution in [0.4, 0.5) is 0 Å². The average Bonchev–Trinajstić information content (AvgIpc) is 2.64. The zero-order valence-corrected chi connectivity index (χ0v) is 17.1. The third-order valence-corrected chi connectivity index (χ3v) is 5.07. The van der Waals surface area contributed by atoms with Crippen molar-refractivity contribution in [1.29, 1.82) is 0 Å². The summed E-state index contributed by atoms with van der Waals surface area (Å²) in [6.45, 7) is 1.44. The van der Waals surface area contributed by atoms with Gasteiger partial charge in [0.25, 0.3) is 5.91 Å². The molecule has 0 aromatic heterocycles. The van der Waals surface area contributed by atoms with E-state index in [9.17, 15) is 13.2 Å². The van der Waals surface area contributed by atoms with Gasteiger partial charge in [0.05, 0.1) is 11.5 Å². The smallest absolute Gasteiger partial charge is 0.253 e. The molecule has 0 aliphatic carbocycles. The first-order valence-electron chi connectivity index (χ1n) is 8.28. The van der Waals surface area contributed by atoms with Crippen LogP contribution >= 0.6 is 12.4 Å². The van der Waals surface area contributed by atoms with Crippen LogP contribution in [0, 0.1) is 0 Å². The average molecular weight is 413 g/mol. The molecule has 0 unspecified atom stereocenters. The van der Waals surface area contributed by atoms with Crippen molar-refractivity contribution in [3.8, 4) is 5.75 Å². The normalized spacial score (nSPS) is 10.8. The fourth-order valence-electron chi connectivity index (χ4n) is 2.38. The Morgan fingerprint density at radius 1 is 1.07 bits per heavy atom. The Morgan fingerprint density at radius 3 is 2.19 bits per heavy atom. The number of hydrogen-bond donors (Lipinski definition) is 1. The molecule has 0 saturated carbocycles. The van der Waals surface area contributed by atoms with E-state index < -0.39 is 9.84 Å². The number of carbonyl (C=O) groups excluding carboxylic acids is 1. The predicted octanol–water partition coefficient (Wildman–Crippen LogP) is 2.51. The number of ether oxygens (including phenoxy) is 1. The highest BCUT2D eigenvalue weighted by Gasteiger charge is 2.11. The monoisotopic (exact) mass is 412 g/mol. The highest BCUT2D eigenvalue weighted by atomic mass is 35.5. The van der Waals surface area contributed by atoms with Crippen molar-refractivity contribution in [3.05, 3.63) is 59.7 Å². The molecule has 6 nitrogen and oxygen atoms in total. The molecule has 1 amide bonds. The van der Waals surface area contributed by atoms with Gasteiger partial charge in [0.1, 0.15) is 5.75 Å². The van der Waals surface area contributed by atoms with Gasteiger partial charge in [0.2, 0.25) is 0 Å². The molecule has 0 aliphatic heterocycles. The minimum Gasteiger partial charge on any atom is -0.494 e. The van der Waals surface area contributed by atoms with Gasteiger partial charge in [-0.1, -0.05) is 12.1 Å². The molecule has 0 aliphatic rings. The first-order valence-corrected chi connectivity index (χ1v) is 10.2. The van der Waals surface area contributed by atoms with E-state index in [0.29, 0.717) is 37.4 Å². The van der Waals surface area contributed by atoms with Gasteiger partial charge >= 0.3 is 0 Å². The van der Waals surface area contributed by atoms with Crippen molar-refractivity contribution in [3.63, 3.8) is 0 Å². The molecule has 0 atom stereocenters. The van der Waals surface area contributed by atoms with Crippen LogP contribution in [0.3, 0.4) is 0 Å². The second-order valence-corrected chi connectivity index (χ2v) is 8.09. The first kappa shape index (κ1) is 23.0.